The lowest BCUT2D eigenvalue weighted by molar-refractivity contribution is -0.121. The Hall–Kier alpha value is -2.82. The largest absolute Gasteiger partial charge is 0.348 e. The van der Waals surface area contributed by atoms with Crippen LogP contribution in [0.3, 0.4) is 0 Å². The zero-order chi connectivity index (χ0) is 18.9. The molecule has 1 atom stereocenters. The van der Waals surface area contributed by atoms with Crippen LogP contribution >= 0.6 is 0 Å². The lowest BCUT2D eigenvalue weighted by atomic mass is 9.95. The van der Waals surface area contributed by atoms with Crippen molar-refractivity contribution in [3.05, 3.63) is 65.7 Å². The molecule has 2 rings (SSSR count). The van der Waals surface area contributed by atoms with Crippen LogP contribution in [0.15, 0.2) is 54.6 Å². The number of rotatable bonds is 7. The number of carbonyl (C=O) groups is 2. The number of hydrogen-bond acceptors (Lipinski definition) is 2. The minimum Gasteiger partial charge on any atom is -0.348 e. The van der Waals surface area contributed by atoms with Gasteiger partial charge in [-0.1, -0.05) is 63.2 Å². The van der Waals surface area contributed by atoms with Gasteiger partial charge in [0.15, 0.2) is 0 Å². The third-order valence-corrected chi connectivity index (χ3v) is 4.17. The summed E-state index contributed by atoms with van der Waals surface area (Å²) in [5.74, 6) is 0.0241. The van der Waals surface area contributed by atoms with Gasteiger partial charge in [-0.2, -0.15) is 0 Å². The molecule has 0 spiro atoms. The highest BCUT2D eigenvalue weighted by atomic mass is 16.2. The Balaban J connectivity index is 1.88. The van der Waals surface area contributed by atoms with Crippen molar-refractivity contribution in [3.63, 3.8) is 0 Å². The molecular weight excluding hydrogens is 326 g/mol. The average Bonchev–Trinajstić information content (AvgIpc) is 2.65. The number of anilines is 1. The Labute approximate surface area is 155 Å². The second kappa shape index (κ2) is 9.61. The van der Waals surface area contributed by atoms with Gasteiger partial charge >= 0.3 is 6.03 Å². The van der Waals surface area contributed by atoms with Crippen LogP contribution in [0.25, 0.3) is 0 Å². The first kappa shape index (κ1) is 19.5. The molecule has 0 saturated carbocycles. The molecule has 26 heavy (non-hydrogen) atoms. The van der Waals surface area contributed by atoms with E-state index >= 15 is 0 Å². The van der Waals surface area contributed by atoms with E-state index in [-0.39, 0.29) is 24.4 Å². The average molecular weight is 353 g/mol. The van der Waals surface area contributed by atoms with Gasteiger partial charge in [-0.05, 0) is 35.6 Å². The van der Waals surface area contributed by atoms with Crippen molar-refractivity contribution >= 4 is 17.6 Å². The molecule has 0 aliphatic heterocycles. The highest BCUT2D eigenvalue weighted by molar-refractivity contribution is 5.92. The van der Waals surface area contributed by atoms with Crippen LogP contribution in [0.2, 0.25) is 0 Å². The van der Waals surface area contributed by atoms with E-state index in [4.69, 9.17) is 0 Å². The summed E-state index contributed by atoms with van der Waals surface area (Å²) in [6, 6.07) is 16.9. The number of urea groups is 1. The van der Waals surface area contributed by atoms with E-state index in [1.54, 1.807) is 12.1 Å². The molecule has 2 aromatic rings. The predicted molar refractivity (Wildman–Crippen MR) is 105 cm³/mol. The van der Waals surface area contributed by atoms with Gasteiger partial charge in [0.2, 0.25) is 5.91 Å². The van der Waals surface area contributed by atoms with Crippen molar-refractivity contribution in [3.8, 4) is 0 Å². The van der Waals surface area contributed by atoms with Crippen LogP contribution in [0, 0.1) is 5.92 Å². The van der Waals surface area contributed by atoms with Crippen molar-refractivity contribution in [2.45, 2.75) is 33.2 Å². The van der Waals surface area contributed by atoms with Gasteiger partial charge in [0.05, 0.1) is 12.6 Å². The minimum atomic E-state index is -0.403. The van der Waals surface area contributed by atoms with Gasteiger partial charge in [0.25, 0.3) is 0 Å². The molecule has 0 radical (unpaired) electrons. The first-order valence-electron chi connectivity index (χ1n) is 8.97. The molecule has 5 heteroatoms. The third-order valence-electron chi connectivity index (χ3n) is 4.17. The van der Waals surface area contributed by atoms with Crippen molar-refractivity contribution in [1.82, 2.24) is 10.6 Å². The maximum Gasteiger partial charge on any atom is 0.319 e. The van der Waals surface area contributed by atoms with Crippen LogP contribution in [-0.4, -0.2) is 18.5 Å². The monoisotopic (exact) mass is 353 g/mol. The van der Waals surface area contributed by atoms with Gasteiger partial charge in [-0.25, -0.2) is 4.79 Å². The summed E-state index contributed by atoms with van der Waals surface area (Å²) in [7, 11) is 0. The van der Waals surface area contributed by atoms with E-state index in [0.29, 0.717) is 5.69 Å². The Kier molecular flexibility index (Phi) is 7.21. The molecule has 0 aliphatic carbocycles. The van der Waals surface area contributed by atoms with Crippen LogP contribution in [0.1, 0.15) is 37.9 Å². The Morgan fingerprint density at radius 2 is 1.62 bits per heavy atom. The summed E-state index contributed by atoms with van der Waals surface area (Å²) < 4.78 is 0. The molecular formula is C21H27N3O2. The Morgan fingerprint density at radius 1 is 0.962 bits per heavy atom. The number of carbonyl (C=O) groups excluding carboxylic acids is 2. The zero-order valence-corrected chi connectivity index (χ0v) is 15.6. The normalized spacial score (nSPS) is 11.7. The number of hydrogen-bond donors (Lipinski definition) is 3. The summed E-state index contributed by atoms with van der Waals surface area (Å²) in [6.45, 7) is 6.17. The Bertz CT molecular complexity index is 712. The van der Waals surface area contributed by atoms with E-state index in [1.807, 2.05) is 18.2 Å². The van der Waals surface area contributed by atoms with E-state index in [1.165, 1.54) is 5.56 Å². The van der Waals surface area contributed by atoms with Crippen LogP contribution in [0.4, 0.5) is 10.5 Å². The second-order valence-corrected chi connectivity index (χ2v) is 6.56. The van der Waals surface area contributed by atoms with Crippen LogP contribution in [-0.2, 0) is 11.2 Å². The maximum atomic E-state index is 12.3. The van der Waals surface area contributed by atoms with Gasteiger partial charge in [-0.15, -0.1) is 0 Å². The van der Waals surface area contributed by atoms with Crippen molar-refractivity contribution in [2.75, 3.05) is 11.9 Å². The summed E-state index contributed by atoms with van der Waals surface area (Å²) in [6.07, 6.45) is 0.986. The Morgan fingerprint density at radius 3 is 2.19 bits per heavy atom. The zero-order valence-electron chi connectivity index (χ0n) is 15.6. The molecule has 0 bridgehead atoms. The molecule has 0 fully saturated rings. The van der Waals surface area contributed by atoms with E-state index < -0.39 is 6.03 Å². The number of para-hydroxylation sites is 1. The molecule has 0 heterocycles. The van der Waals surface area contributed by atoms with Gasteiger partial charge in [0.1, 0.15) is 0 Å². The molecule has 3 N–H and O–H groups in total. The second-order valence-electron chi connectivity index (χ2n) is 6.56. The first-order valence-corrected chi connectivity index (χ1v) is 8.97. The lowest BCUT2D eigenvalue weighted by Crippen LogP contribution is -2.41. The molecule has 0 aliphatic rings. The maximum absolute atomic E-state index is 12.3. The fourth-order valence-electron chi connectivity index (χ4n) is 2.68. The summed E-state index contributed by atoms with van der Waals surface area (Å²) >= 11 is 0. The first-order chi connectivity index (χ1) is 12.5. The van der Waals surface area contributed by atoms with Crippen molar-refractivity contribution in [1.29, 1.82) is 0 Å². The summed E-state index contributed by atoms with van der Waals surface area (Å²) in [5.41, 5.74) is 3.02. The van der Waals surface area contributed by atoms with Gasteiger partial charge in [0, 0.05) is 5.69 Å². The van der Waals surface area contributed by atoms with Gasteiger partial charge in [-0.3, -0.25) is 4.79 Å². The number of nitrogens with one attached hydrogen (secondary N) is 3. The molecule has 2 aromatic carbocycles. The molecule has 3 amide bonds. The van der Waals surface area contributed by atoms with Crippen molar-refractivity contribution < 1.29 is 9.59 Å². The van der Waals surface area contributed by atoms with E-state index in [0.717, 1.165) is 12.0 Å². The topological polar surface area (TPSA) is 70.2 Å². The van der Waals surface area contributed by atoms with Crippen LogP contribution in [0.5, 0.6) is 0 Å². The standard InChI is InChI=1S/C21H27N3O2/c1-4-16-10-12-17(13-11-16)20(15(2)3)24-19(25)14-22-21(26)23-18-8-6-5-7-9-18/h5-13,15,20H,4,14H2,1-3H3,(H,24,25)(H2,22,23,26). The fraction of sp³-hybridized carbons (Fsp3) is 0.333. The lowest BCUT2D eigenvalue weighted by Gasteiger charge is -2.23. The third kappa shape index (κ3) is 5.92. The molecule has 1 unspecified atom stereocenters. The highest BCUT2D eigenvalue weighted by Gasteiger charge is 2.18. The van der Waals surface area contributed by atoms with Crippen molar-refractivity contribution in [2.24, 2.45) is 5.92 Å². The summed E-state index contributed by atoms with van der Waals surface area (Å²) in [4.78, 5) is 24.1. The fourth-order valence-corrected chi connectivity index (χ4v) is 2.68. The van der Waals surface area contributed by atoms with Gasteiger partial charge < -0.3 is 16.0 Å². The quantitative estimate of drug-likeness (QED) is 0.707. The SMILES string of the molecule is CCc1ccc(C(NC(=O)CNC(=O)Nc2ccccc2)C(C)C)cc1. The highest BCUT2D eigenvalue weighted by Crippen LogP contribution is 2.22. The minimum absolute atomic E-state index is 0.0745. The van der Waals surface area contributed by atoms with E-state index in [9.17, 15) is 9.59 Å². The van der Waals surface area contributed by atoms with E-state index in [2.05, 4.69) is 61.0 Å². The number of benzene rings is 2. The summed E-state index contributed by atoms with van der Waals surface area (Å²) in [5, 5.41) is 8.28. The predicted octanol–water partition coefficient (Wildman–Crippen LogP) is 3.88. The molecule has 0 saturated heterocycles. The molecule has 0 aromatic heterocycles. The molecule has 138 valence electrons. The smallest absolute Gasteiger partial charge is 0.319 e. The number of amides is 3. The molecule has 5 nitrogen and oxygen atoms in total. The van der Waals surface area contributed by atoms with Crippen LogP contribution < -0.4 is 16.0 Å². The number of aryl methyl sites for hydroxylation is 1.